The van der Waals surface area contributed by atoms with Crippen molar-refractivity contribution >= 4 is 16.2 Å². The van der Waals surface area contributed by atoms with Crippen LogP contribution in [-0.2, 0) is 15.0 Å². The van der Waals surface area contributed by atoms with Crippen LogP contribution in [0.15, 0.2) is 0 Å². The minimum Gasteiger partial charge on any atom is -0.480 e. The average Bonchev–Trinajstić information content (AvgIpc) is 2.00. The molecule has 1 N–H and O–H groups in total. The molecule has 0 aliphatic rings. The first kappa shape index (κ1) is 14.3. The first-order chi connectivity index (χ1) is 6.67. The molecule has 0 fully saturated rings. The van der Waals surface area contributed by atoms with Crippen LogP contribution in [0.2, 0.25) is 0 Å². The van der Waals surface area contributed by atoms with Crippen molar-refractivity contribution in [3.8, 4) is 0 Å². The summed E-state index contributed by atoms with van der Waals surface area (Å²) < 4.78 is 25.4. The summed E-state index contributed by atoms with van der Waals surface area (Å²) in [6, 6.07) is 0. The standard InChI is InChI=1S/C8H18N2O4S/c1-7(2)5-10(6-8(11)12)15(13,14)9(3)4/h7H,5-6H2,1-4H3,(H,11,12). The minimum atomic E-state index is -3.64. The van der Waals surface area contributed by atoms with Gasteiger partial charge in [0.25, 0.3) is 10.2 Å². The lowest BCUT2D eigenvalue weighted by molar-refractivity contribution is -0.137. The highest BCUT2D eigenvalue weighted by Crippen LogP contribution is 2.07. The summed E-state index contributed by atoms with van der Waals surface area (Å²) in [7, 11) is -0.884. The molecule has 0 aliphatic heterocycles. The van der Waals surface area contributed by atoms with Gasteiger partial charge in [0.1, 0.15) is 6.54 Å². The van der Waals surface area contributed by atoms with Gasteiger partial charge in [-0.1, -0.05) is 13.8 Å². The third-order valence-corrected chi connectivity index (χ3v) is 3.52. The summed E-state index contributed by atoms with van der Waals surface area (Å²) in [5.74, 6) is -1.07. The highest BCUT2D eigenvalue weighted by Gasteiger charge is 2.26. The van der Waals surface area contributed by atoms with Crippen molar-refractivity contribution in [3.63, 3.8) is 0 Å². The van der Waals surface area contributed by atoms with E-state index in [-0.39, 0.29) is 12.5 Å². The topological polar surface area (TPSA) is 77.9 Å². The van der Waals surface area contributed by atoms with Crippen molar-refractivity contribution in [2.24, 2.45) is 5.92 Å². The molecule has 6 nitrogen and oxygen atoms in total. The normalized spacial score (nSPS) is 12.7. The molecule has 90 valence electrons. The van der Waals surface area contributed by atoms with Gasteiger partial charge in [0.2, 0.25) is 0 Å². The number of nitrogens with zero attached hydrogens (tertiary/aromatic N) is 2. The summed E-state index contributed by atoms with van der Waals surface area (Å²) in [5.41, 5.74) is 0. The summed E-state index contributed by atoms with van der Waals surface area (Å²) in [6.45, 7) is 3.37. The summed E-state index contributed by atoms with van der Waals surface area (Å²) in [5, 5.41) is 8.62. The van der Waals surface area contributed by atoms with Crippen molar-refractivity contribution in [1.29, 1.82) is 0 Å². The van der Waals surface area contributed by atoms with E-state index in [1.54, 1.807) is 0 Å². The molecule has 7 heteroatoms. The molecule has 0 unspecified atom stereocenters. The lowest BCUT2D eigenvalue weighted by Gasteiger charge is -2.25. The van der Waals surface area contributed by atoms with Gasteiger partial charge in [-0.15, -0.1) is 0 Å². The second-order valence-corrected chi connectivity index (χ2v) is 6.01. The Hall–Kier alpha value is -0.660. The number of aliphatic carboxylic acids is 1. The van der Waals surface area contributed by atoms with Crippen LogP contribution in [0.3, 0.4) is 0 Å². The fraction of sp³-hybridized carbons (Fsp3) is 0.875. The summed E-state index contributed by atoms with van der Waals surface area (Å²) in [4.78, 5) is 10.5. The van der Waals surface area contributed by atoms with Gasteiger partial charge in [0.15, 0.2) is 0 Å². The van der Waals surface area contributed by atoms with E-state index < -0.39 is 22.7 Å². The molecule has 0 spiro atoms. The van der Waals surface area contributed by atoms with E-state index >= 15 is 0 Å². The summed E-state index contributed by atoms with van der Waals surface area (Å²) >= 11 is 0. The molecule has 0 aromatic heterocycles. The van der Waals surface area contributed by atoms with Crippen LogP contribution < -0.4 is 0 Å². The Labute approximate surface area is 90.7 Å². The van der Waals surface area contributed by atoms with Gasteiger partial charge in [-0.3, -0.25) is 4.79 Å². The Morgan fingerprint density at radius 1 is 1.33 bits per heavy atom. The maximum absolute atomic E-state index is 11.7. The quantitative estimate of drug-likeness (QED) is 0.697. The Bertz CT molecular complexity index is 311. The van der Waals surface area contributed by atoms with Crippen LogP contribution >= 0.6 is 0 Å². The zero-order chi connectivity index (χ0) is 12.2. The summed E-state index contributed by atoms with van der Waals surface area (Å²) in [6.07, 6.45) is 0. The van der Waals surface area contributed by atoms with Gasteiger partial charge in [-0.05, 0) is 5.92 Å². The second-order valence-electron chi connectivity index (χ2n) is 3.87. The van der Waals surface area contributed by atoms with Crippen LogP contribution in [0.1, 0.15) is 13.8 Å². The van der Waals surface area contributed by atoms with E-state index in [1.807, 2.05) is 13.8 Å². The lowest BCUT2D eigenvalue weighted by atomic mass is 10.2. The molecule has 15 heavy (non-hydrogen) atoms. The van der Waals surface area contributed by atoms with E-state index in [0.717, 1.165) is 8.61 Å². The van der Waals surface area contributed by atoms with Crippen LogP contribution in [0.4, 0.5) is 0 Å². The molecule has 0 heterocycles. The number of carboxylic acid groups (broad SMARTS) is 1. The molecule has 0 saturated heterocycles. The largest absolute Gasteiger partial charge is 0.480 e. The zero-order valence-electron chi connectivity index (χ0n) is 9.47. The third-order valence-electron chi connectivity index (χ3n) is 1.67. The fourth-order valence-electron chi connectivity index (χ4n) is 1.03. The monoisotopic (exact) mass is 238 g/mol. The van der Waals surface area contributed by atoms with E-state index in [4.69, 9.17) is 5.11 Å². The van der Waals surface area contributed by atoms with Crippen molar-refractivity contribution in [1.82, 2.24) is 8.61 Å². The van der Waals surface area contributed by atoms with Crippen LogP contribution in [-0.4, -0.2) is 55.3 Å². The van der Waals surface area contributed by atoms with Gasteiger partial charge in [-0.25, -0.2) is 0 Å². The Balaban J connectivity index is 4.85. The molecular weight excluding hydrogens is 220 g/mol. The molecule has 0 rings (SSSR count). The molecule has 0 saturated carbocycles. The first-order valence-electron chi connectivity index (χ1n) is 4.57. The fourth-order valence-corrected chi connectivity index (χ4v) is 2.25. The van der Waals surface area contributed by atoms with Gasteiger partial charge in [0.05, 0.1) is 0 Å². The van der Waals surface area contributed by atoms with E-state index in [2.05, 4.69) is 0 Å². The SMILES string of the molecule is CC(C)CN(CC(=O)O)S(=O)(=O)N(C)C. The molecule has 0 aromatic carbocycles. The van der Waals surface area contributed by atoms with Crippen molar-refractivity contribution in [2.75, 3.05) is 27.2 Å². The Morgan fingerprint density at radius 3 is 2.07 bits per heavy atom. The van der Waals surface area contributed by atoms with Crippen molar-refractivity contribution in [3.05, 3.63) is 0 Å². The third kappa shape index (κ3) is 4.59. The van der Waals surface area contributed by atoms with Crippen molar-refractivity contribution < 1.29 is 18.3 Å². The molecule has 0 aromatic rings. The Morgan fingerprint density at radius 2 is 1.80 bits per heavy atom. The van der Waals surface area contributed by atoms with Crippen LogP contribution in [0.25, 0.3) is 0 Å². The number of hydrogen-bond donors (Lipinski definition) is 1. The highest BCUT2D eigenvalue weighted by molar-refractivity contribution is 7.86. The number of carbonyl (C=O) groups is 1. The smallest absolute Gasteiger partial charge is 0.318 e. The predicted molar refractivity (Wildman–Crippen MR) is 56.7 cm³/mol. The maximum atomic E-state index is 11.7. The van der Waals surface area contributed by atoms with Crippen LogP contribution in [0.5, 0.6) is 0 Å². The van der Waals surface area contributed by atoms with Gasteiger partial charge in [0, 0.05) is 20.6 Å². The maximum Gasteiger partial charge on any atom is 0.318 e. The minimum absolute atomic E-state index is 0.0825. The zero-order valence-corrected chi connectivity index (χ0v) is 10.3. The average molecular weight is 238 g/mol. The van der Waals surface area contributed by atoms with E-state index in [0.29, 0.717) is 0 Å². The van der Waals surface area contributed by atoms with Gasteiger partial charge < -0.3 is 5.11 Å². The first-order valence-corrected chi connectivity index (χ1v) is 5.97. The number of hydrogen-bond acceptors (Lipinski definition) is 3. The molecule has 0 amide bonds. The van der Waals surface area contributed by atoms with E-state index in [1.165, 1.54) is 14.1 Å². The lowest BCUT2D eigenvalue weighted by Crippen LogP contribution is -2.44. The number of rotatable bonds is 6. The van der Waals surface area contributed by atoms with Gasteiger partial charge >= 0.3 is 5.97 Å². The van der Waals surface area contributed by atoms with Gasteiger partial charge in [-0.2, -0.15) is 17.0 Å². The van der Waals surface area contributed by atoms with Crippen LogP contribution in [0, 0.1) is 5.92 Å². The number of carboxylic acids is 1. The molecule has 0 radical (unpaired) electrons. The second kappa shape index (κ2) is 5.43. The molecule has 0 aliphatic carbocycles. The molecule has 0 atom stereocenters. The molecular formula is C8H18N2O4S. The molecule has 0 bridgehead atoms. The van der Waals surface area contributed by atoms with E-state index in [9.17, 15) is 13.2 Å². The predicted octanol–water partition coefficient (Wildman–Crippen LogP) is -0.165. The Kier molecular flexibility index (Phi) is 5.19. The highest BCUT2D eigenvalue weighted by atomic mass is 32.2. The van der Waals surface area contributed by atoms with Crippen molar-refractivity contribution in [2.45, 2.75) is 13.8 Å².